The van der Waals surface area contributed by atoms with E-state index in [-0.39, 0.29) is 29.8 Å². The van der Waals surface area contributed by atoms with Crippen molar-refractivity contribution in [3.63, 3.8) is 0 Å². The Bertz CT molecular complexity index is 984. The van der Waals surface area contributed by atoms with Gasteiger partial charge in [-0.1, -0.05) is 13.8 Å². The molecule has 1 fully saturated rings. The summed E-state index contributed by atoms with van der Waals surface area (Å²) < 4.78 is 34.7. The minimum Gasteiger partial charge on any atom is -0.502 e. The monoisotopic (exact) mass is 416 g/mol. The Morgan fingerprint density at radius 2 is 1.33 bits per heavy atom. The van der Waals surface area contributed by atoms with Crippen LogP contribution in [0.15, 0.2) is 12.1 Å². The lowest BCUT2D eigenvalue weighted by Gasteiger charge is -2.28. The van der Waals surface area contributed by atoms with Crippen LogP contribution >= 0.6 is 0 Å². The van der Waals surface area contributed by atoms with Gasteiger partial charge in [-0.15, -0.1) is 0 Å². The van der Waals surface area contributed by atoms with Crippen LogP contribution in [0.2, 0.25) is 0 Å². The average molecular weight is 416 g/mol. The van der Waals surface area contributed by atoms with Gasteiger partial charge in [0.2, 0.25) is 11.5 Å². The molecule has 2 bridgehead atoms. The molecule has 0 saturated carbocycles. The van der Waals surface area contributed by atoms with Gasteiger partial charge < -0.3 is 33.5 Å². The molecule has 0 spiro atoms. The highest BCUT2D eigenvalue weighted by atomic mass is 16.5. The molecule has 0 radical (unpaired) electrons. The number of methoxy groups -OCH3 is 5. The molecule has 2 aliphatic rings. The van der Waals surface area contributed by atoms with E-state index in [1.165, 1.54) is 14.2 Å². The molecular formula is C23H28O7. The number of aromatic hydroxyl groups is 1. The molecule has 0 aromatic heterocycles. The zero-order valence-electron chi connectivity index (χ0n) is 18.4. The topological polar surface area (TPSA) is 75.6 Å². The maximum atomic E-state index is 10.8. The Hall–Kier alpha value is -2.80. The van der Waals surface area contributed by atoms with Gasteiger partial charge in [0.1, 0.15) is 0 Å². The van der Waals surface area contributed by atoms with Crippen molar-refractivity contribution in [2.75, 3.05) is 35.5 Å². The summed E-state index contributed by atoms with van der Waals surface area (Å²) in [5, 5.41) is 10.8. The van der Waals surface area contributed by atoms with Crippen LogP contribution in [0, 0.1) is 11.8 Å². The first kappa shape index (κ1) is 20.5. The molecule has 1 N–H and O–H groups in total. The fourth-order valence-electron chi connectivity index (χ4n) is 4.81. The summed E-state index contributed by atoms with van der Waals surface area (Å²) in [5.41, 5.74) is 3.37. The predicted octanol–water partition coefficient (Wildman–Crippen LogP) is 4.50. The summed E-state index contributed by atoms with van der Waals surface area (Å²) >= 11 is 0. The number of hydrogen-bond donors (Lipinski definition) is 1. The molecule has 162 valence electrons. The number of benzene rings is 2. The molecule has 2 aromatic carbocycles. The lowest BCUT2D eigenvalue weighted by Crippen LogP contribution is -2.15. The van der Waals surface area contributed by atoms with E-state index in [4.69, 9.17) is 28.4 Å². The Labute approximate surface area is 176 Å². The number of phenols is 1. The molecule has 7 nitrogen and oxygen atoms in total. The summed E-state index contributed by atoms with van der Waals surface area (Å²) in [6.45, 7) is 4.33. The summed E-state index contributed by atoms with van der Waals surface area (Å²) in [7, 11) is 7.82. The standard InChI is InChI=1S/C23H28O7/c1-10-11(2)20-17-12(8-14(25-3)18(24)22(17)28-6)16-13(19(10)30-20)9-15(26-4)21(27-5)23(16)29-7/h8-11,19-20,24H,1-7H3/t10-,11+,19-,20+/m1/s1. The first-order valence-corrected chi connectivity index (χ1v) is 9.89. The van der Waals surface area contributed by atoms with Gasteiger partial charge in [0.25, 0.3) is 0 Å². The van der Waals surface area contributed by atoms with E-state index >= 15 is 0 Å². The van der Waals surface area contributed by atoms with Gasteiger partial charge in [-0.3, -0.25) is 0 Å². The Balaban J connectivity index is 2.19. The average Bonchev–Trinajstić information content (AvgIpc) is 2.97. The van der Waals surface area contributed by atoms with E-state index < -0.39 is 0 Å². The maximum Gasteiger partial charge on any atom is 0.203 e. The van der Waals surface area contributed by atoms with Gasteiger partial charge in [-0.05, 0) is 35.1 Å². The second kappa shape index (κ2) is 7.47. The molecule has 1 saturated heterocycles. The molecular weight excluding hydrogens is 388 g/mol. The Morgan fingerprint density at radius 3 is 1.90 bits per heavy atom. The van der Waals surface area contributed by atoms with E-state index in [9.17, 15) is 5.11 Å². The van der Waals surface area contributed by atoms with Crippen molar-refractivity contribution in [2.45, 2.75) is 26.1 Å². The molecule has 2 heterocycles. The first-order chi connectivity index (χ1) is 14.4. The van der Waals surface area contributed by atoms with Crippen LogP contribution in [0.4, 0.5) is 0 Å². The van der Waals surface area contributed by atoms with Gasteiger partial charge in [-0.2, -0.15) is 0 Å². The lowest BCUT2D eigenvalue weighted by molar-refractivity contribution is 0.0299. The van der Waals surface area contributed by atoms with Crippen molar-refractivity contribution >= 4 is 0 Å². The Kier molecular flexibility index (Phi) is 5.10. The zero-order valence-corrected chi connectivity index (χ0v) is 18.4. The minimum atomic E-state index is -0.263. The Morgan fingerprint density at radius 1 is 0.733 bits per heavy atom. The fraction of sp³-hybridized carbons (Fsp3) is 0.478. The van der Waals surface area contributed by atoms with Crippen molar-refractivity contribution < 1.29 is 33.5 Å². The van der Waals surface area contributed by atoms with E-state index in [0.717, 1.165) is 22.3 Å². The van der Waals surface area contributed by atoms with E-state index in [0.29, 0.717) is 28.7 Å². The van der Waals surface area contributed by atoms with Crippen LogP contribution < -0.4 is 23.7 Å². The van der Waals surface area contributed by atoms with Crippen LogP contribution in [0.5, 0.6) is 34.5 Å². The highest BCUT2D eigenvalue weighted by molar-refractivity contribution is 5.86. The van der Waals surface area contributed by atoms with Crippen LogP contribution in [-0.2, 0) is 4.74 Å². The molecule has 7 heteroatoms. The quantitative estimate of drug-likeness (QED) is 0.769. The van der Waals surface area contributed by atoms with Crippen molar-refractivity contribution in [3.05, 3.63) is 23.3 Å². The molecule has 2 aliphatic heterocycles. The number of rotatable bonds is 5. The highest BCUT2D eigenvalue weighted by Crippen LogP contribution is 2.63. The third kappa shape index (κ3) is 2.61. The molecule has 4 rings (SSSR count). The van der Waals surface area contributed by atoms with Gasteiger partial charge >= 0.3 is 0 Å². The smallest absolute Gasteiger partial charge is 0.203 e. The molecule has 0 amide bonds. The lowest BCUT2D eigenvalue weighted by atomic mass is 9.77. The SMILES string of the molecule is COc1cc2c(c(OC)c1O)[C@H]1O[C@@H](c3cc(OC)c(OC)c(OC)c3-2)[C@H](C)[C@@H]1C. The van der Waals surface area contributed by atoms with Crippen molar-refractivity contribution in [1.29, 1.82) is 0 Å². The van der Waals surface area contributed by atoms with Gasteiger partial charge in [0, 0.05) is 11.1 Å². The third-order valence-electron chi connectivity index (χ3n) is 6.48. The summed E-state index contributed by atoms with van der Waals surface area (Å²) in [5.74, 6) is 2.63. The first-order valence-electron chi connectivity index (χ1n) is 9.89. The number of fused-ring (bicyclic) bond motifs is 7. The molecule has 2 aromatic rings. The van der Waals surface area contributed by atoms with Crippen molar-refractivity contribution in [1.82, 2.24) is 0 Å². The summed E-state index contributed by atoms with van der Waals surface area (Å²) in [6, 6.07) is 3.76. The minimum absolute atomic E-state index is 0.0476. The predicted molar refractivity (Wildman–Crippen MR) is 111 cm³/mol. The maximum absolute atomic E-state index is 10.8. The largest absolute Gasteiger partial charge is 0.502 e. The van der Waals surface area contributed by atoms with Crippen molar-refractivity contribution in [3.8, 4) is 45.6 Å². The third-order valence-corrected chi connectivity index (χ3v) is 6.48. The summed E-state index contributed by atoms with van der Waals surface area (Å²) in [6.07, 6.45) is -0.445. The van der Waals surface area contributed by atoms with E-state index in [1.807, 2.05) is 12.1 Å². The van der Waals surface area contributed by atoms with Crippen LogP contribution in [0.1, 0.15) is 37.2 Å². The van der Waals surface area contributed by atoms with E-state index in [1.54, 1.807) is 21.3 Å². The normalized spacial score (nSPS) is 23.8. The molecule has 30 heavy (non-hydrogen) atoms. The van der Waals surface area contributed by atoms with Gasteiger partial charge in [0.15, 0.2) is 23.0 Å². The van der Waals surface area contributed by atoms with Crippen LogP contribution in [0.25, 0.3) is 11.1 Å². The van der Waals surface area contributed by atoms with Gasteiger partial charge in [-0.25, -0.2) is 0 Å². The molecule has 4 atom stereocenters. The second-order valence-corrected chi connectivity index (χ2v) is 7.73. The van der Waals surface area contributed by atoms with Crippen molar-refractivity contribution in [2.24, 2.45) is 11.8 Å². The number of hydrogen-bond acceptors (Lipinski definition) is 7. The zero-order chi connectivity index (χ0) is 21.7. The van der Waals surface area contributed by atoms with E-state index in [2.05, 4.69) is 13.8 Å². The second-order valence-electron chi connectivity index (χ2n) is 7.73. The number of ether oxygens (including phenoxy) is 6. The summed E-state index contributed by atoms with van der Waals surface area (Å²) in [4.78, 5) is 0. The molecule has 0 unspecified atom stereocenters. The van der Waals surface area contributed by atoms with Gasteiger partial charge in [0.05, 0.1) is 47.8 Å². The molecule has 0 aliphatic carbocycles. The highest BCUT2D eigenvalue weighted by Gasteiger charge is 2.48. The fourth-order valence-corrected chi connectivity index (χ4v) is 4.81. The van der Waals surface area contributed by atoms with Crippen LogP contribution in [-0.4, -0.2) is 40.7 Å². The van der Waals surface area contributed by atoms with Crippen LogP contribution in [0.3, 0.4) is 0 Å². The number of phenolic OH excluding ortho intramolecular Hbond substituents is 1.